The van der Waals surface area contributed by atoms with Gasteiger partial charge >= 0.3 is 0 Å². The minimum absolute atomic E-state index is 0.429. The lowest BCUT2D eigenvalue weighted by molar-refractivity contribution is -0.0323. The first-order chi connectivity index (χ1) is 9.99. The normalized spacial score (nSPS) is 17.4. The minimum atomic E-state index is 0.429. The molecule has 2 heteroatoms. The van der Waals surface area contributed by atoms with Gasteiger partial charge in [0.05, 0.1) is 0 Å². The van der Waals surface area contributed by atoms with Gasteiger partial charge in [0.2, 0.25) is 0 Å². The third-order valence-corrected chi connectivity index (χ3v) is 4.38. The van der Waals surface area contributed by atoms with E-state index >= 15 is 0 Å². The highest BCUT2D eigenvalue weighted by atomic mass is 16.7. The summed E-state index contributed by atoms with van der Waals surface area (Å²) in [5.41, 5.74) is 0. The lowest BCUT2D eigenvalue weighted by Gasteiger charge is -2.22. The highest BCUT2D eigenvalue weighted by molar-refractivity contribution is 4.66. The van der Waals surface area contributed by atoms with E-state index in [-0.39, 0.29) is 0 Å². The van der Waals surface area contributed by atoms with E-state index < -0.39 is 0 Å². The summed E-state index contributed by atoms with van der Waals surface area (Å²) in [6.07, 6.45) is 9.28. The fourth-order valence-corrected chi connectivity index (χ4v) is 3.66. The molecule has 0 rings (SSSR count). The molecule has 0 bridgehead atoms. The Balaban J connectivity index is 3.68. The zero-order valence-corrected chi connectivity index (χ0v) is 15.5. The Morgan fingerprint density at radius 1 is 0.762 bits per heavy atom. The molecule has 0 aliphatic heterocycles. The Morgan fingerprint density at radius 2 is 1.29 bits per heavy atom. The molecule has 0 aliphatic rings. The Morgan fingerprint density at radius 3 is 1.81 bits per heavy atom. The van der Waals surface area contributed by atoms with Gasteiger partial charge in [-0.2, -0.15) is 0 Å². The molecule has 0 aromatic carbocycles. The van der Waals surface area contributed by atoms with E-state index in [2.05, 4.69) is 34.6 Å². The van der Waals surface area contributed by atoms with Crippen molar-refractivity contribution in [3.05, 3.63) is 0 Å². The van der Waals surface area contributed by atoms with E-state index in [1.54, 1.807) is 7.11 Å². The molecule has 0 aromatic rings. The average Bonchev–Trinajstić information content (AvgIpc) is 2.38. The third-order valence-electron chi connectivity index (χ3n) is 4.38. The van der Waals surface area contributed by atoms with Gasteiger partial charge in [0, 0.05) is 13.7 Å². The number of rotatable bonds is 14. The Bertz CT molecular complexity index is 218. The molecule has 4 atom stereocenters. The molecule has 0 heterocycles. The predicted octanol–water partition coefficient (Wildman–Crippen LogP) is 5.90. The molecule has 0 amide bonds. The van der Waals surface area contributed by atoms with Gasteiger partial charge in [-0.15, -0.1) is 0 Å². The van der Waals surface area contributed by atoms with Crippen LogP contribution in [-0.4, -0.2) is 20.5 Å². The van der Waals surface area contributed by atoms with Crippen molar-refractivity contribution >= 4 is 0 Å². The van der Waals surface area contributed by atoms with Gasteiger partial charge in [-0.1, -0.05) is 47.5 Å². The van der Waals surface area contributed by atoms with Crippen molar-refractivity contribution in [2.75, 3.05) is 20.5 Å². The molecule has 2 nitrogen and oxygen atoms in total. The first-order valence-electron chi connectivity index (χ1n) is 9.06. The van der Waals surface area contributed by atoms with Gasteiger partial charge < -0.3 is 9.47 Å². The monoisotopic (exact) mass is 300 g/mol. The van der Waals surface area contributed by atoms with E-state index in [1.165, 1.54) is 38.5 Å². The van der Waals surface area contributed by atoms with Crippen LogP contribution in [0.15, 0.2) is 0 Å². The molecule has 0 saturated carbocycles. The van der Waals surface area contributed by atoms with Gasteiger partial charge in [-0.05, 0) is 55.8 Å². The second-order valence-corrected chi connectivity index (χ2v) is 7.37. The van der Waals surface area contributed by atoms with Gasteiger partial charge in [0.25, 0.3) is 0 Å². The third kappa shape index (κ3) is 13.3. The largest absolute Gasteiger partial charge is 0.359 e. The Hall–Kier alpha value is -0.0800. The highest BCUT2D eigenvalue weighted by Crippen LogP contribution is 2.26. The van der Waals surface area contributed by atoms with Crippen molar-refractivity contribution in [3.63, 3.8) is 0 Å². The molecule has 0 saturated heterocycles. The van der Waals surface area contributed by atoms with Gasteiger partial charge in [0.1, 0.15) is 6.79 Å². The lowest BCUT2D eigenvalue weighted by Crippen LogP contribution is -2.11. The van der Waals surface area contributed by atoms with Crippen LogP contribution in [-0.2, 0) is 9.47 Å². The zero-order chi connectivity index (χ0) is 16.1. The smallest absolute Gasteiger partial charge is 0.146 e. The maximum Gasteiger partial charge on any atom is 0.146 e. The molecule has 0 N–H and O–H groups in total. The number of ether oxygens (including phenoxy) is 2. The fourth-order valence-electron chi connectivity index (χ4n) is 3.66. The lowest BCUT2D eigenvalue weighted by atomic mass is 9.84. The van der Waals surface area contributed by atoms with Crippen LogP contribution in [0.2, 0.25) is 0 Å². The topological polar surface area (TPSA) is 18.5 Å². The first kappa shape index (κ1) is 20.9. The van der Waals surface area contributed by atoms with Crippen molar-refractivity contribution in [3.8, 4) is 0 Å². The Labute approximate surface area is 134 Å². The van der Waals surface area contributed by atoms with Crippen LogP contribution in [0, 0.1) is 23.7 Å². The molecule has 0 spiro atoms. The summed E-state index contributed by atoms with van der Waals surface area (Å²) < 4.78 is 10.2. The van der Waals surface area contributed by atoms with Crippen molar-refractivity contribution < 1.29 is 9.47 Å². The summed E-state index contributed by atoms with van der Waals surface area (Å²) in [7, 11) is 1.67. The van der Waals surface area contributed by atoms with E-state index in [9.17, 15) is 0 Å². The van der Waals surface area contributed by atoms with Crippen LogP contribution in [0.25, 0.3) is 0 Å². The molecule has 0 fully saturated rings. The molecule has 0 radical (unpaired) electrons. The van der Waals surface area contributed by atoms with E-state index in [0.29, 0.717) is 6.79 Å². The zero-order valence-electron chi connectivity index (χ0n) is 15.5. The van der Waals surface area contributed by atoms with Crippen LogP contribution in [0.1, 0.15) is 79.6 Å². The SMILES string of the molecule is CCCC(C)CC(C)CC(C)CC(C)CCCOCOC. The summed E-state index contributed by atoms with van der Waals surface area (Å²) >= 11 is 0. The average molecular weight is 301 g/mol. The molecule has 0 aliphatic carbocycles. The summed E-state index contributed by atoms with van der Waals surface area (Å²) in [5.74, 6) is 3.43. The Kier molecular flexibility index (Phi) is 13.5. The predicted molar refractivity (Wildman–Crippen MR) is 92.5 cm³/mol. The highest BCUT2D eigenvalue weighted by Gasteiger charge is 2.14. The van der Waals surface area contributed by atoms with Crippen LogP contribution >= 0.6 is 0 Å². The van der Waals surface area contributed by atoms with Crippen molar-refractivity contribution in [1.82, 2.24) is 0 Å². The van der Waals surface area contributed by atoms with Crippen LogP contribution < -0.4 is 0 Å². The van der Waals surface area contributed by atoms with Gasteiger partial charge in [0.15, 0.2) is 0 Å². The second-order valence-electron chi connectivity index (χ2n) is 7.37. The van der Waals surface area contributed by atoms with Crippen LogP contribution in [0.5, 0.6) is 0 Å². The summed E-state index contributed by atoms with van der Waals surface area (Å²) in [6.45, 7) is 13.2. The molecular weight excluding hydrogens is 260 g/mol. The first-order valence-corrected chi connectivity index (χ1v) is 9.06. The van der Waals surface area contributed by atoms with E-state index in [0.717, 1.165) is 36.7 Å². The van der Waals surface area contributed by atoms with Crippen molar-refractivity contribution in [1.29, 1.82) is 0 Å². The molecule has 0 aromatic heterocycles. The summed E-state index contributed by atoms with van der Waals surface area (Å²) in [4.78, 5) is 0. The van der Waals surface area contributed by atoms with Crippen molar-refractivity contribution in [2.24, 2.45) is 23.7 Å². The molecule has 4 unspecified atom stereocenters. The quantitative estimate of drug-likeness (QED) is 0.293. The van der Waals surface area contributed by atoms with Gasteiger partial charge in [-0.3, -0.25) is 0 Å². The standard InChI is InChI=1S/C19H40O2/c1-7-9-16(2)12-18(4)14-19(5)13-17(3)10-8-11-21-15-20-6/h16-19H,7-15H2,1-6H3. The maximum absolute atomic E-state index is 5.35. The summed E-state index contributed by atoms with van der Waals surface area (Å²) in [5, 5.41) is 0. The molecular formula is C19H40O2. The van der Waals surface area contributed by atoms with E-state index in [4.69, 9.17) is 9.47 Å². The molecule has 21 heavy (non-hydrogen) atoms. The fraction of sp³-hybridized carbons (Fsp3) is 1.00. The minimum Gasteiger partial charge on any atom is -0.359 e. The number of hydrogen-bond donors (Lipinski definition) is 0. The summed E-state index contributed by atoms with van der Waals surface area (Å²) in [6, 6.07) is 0. The number of methoxy groups -OCH3 is 1. The molecule has 128 valence electrons. The van der Waals surface area contributed by atoms with Crippen LogP contribution in [0.4, 0.5) is 0 Å². The van der Waals surface area contributed by atoms with Crippen LogP contribution in [0.3, 0.4) is 0 Å². The number of hydrogen-bond acceptors (Lipinski definition) is 2. The van der Waals surface area contributed by atoms with E-state index in [1.807, 2.05) is 0 Å². The van der Waals surface area contributed by atoms with Gasteiger partial charge in [-0.25, -0.2) is 0 Å². The maximum atomic E-state index is 5.35. The van der Waals surface area contributed by atoms with Crippen molar-refractivity contribution in [2.45, 2.75) is 79.6 Å². The second kappa shape index (κ2) is 13.6.